The van der Waals surface area contributed by atoms with Gasteiger partial charge in [0.1, 0.15) is 9.88 Å². The van der Waals surface area contributed by atoms with Crippen LogP contribution in [0.15, 0.2) is 42.4 Å². The zero-order chi connectivity index (χ0) is 15.6. The second kappa shape index (κ2) is 6.25. The third-order valence-corrected chi connectivity index (χ3v) is 6.10. The molecule has 0 bridgehead atoms. The summed E-state index contributed by atoms with van der Waals surface area (Å²) >= 11 is 3.13. The van der Waals surface area contributed by atoms with Crippen molar-refractivity contribution >= 4 is 28.6 Å². The molecule has 7 heteroatoms. The Kier molecular flexibility index (Phi) is 3.97. The van der Waals surface area contributed by atoms with Crippen molar-refractivity contribution < 1.29 is 4.79 Å². The summed E-state index contributed by atoms with van der Waals surface area (Å²) in [5.74, 6) is 0.0927. The number of piperidine rings is 1. The van der Waals surface area contributed by atoms with Crippen molar-refractivity contribution in [3.8, 4) is 9.88 Å². The summed E-state index contributed by atoms with van der Waals surface area (Å²) in [5.41, 5.74) is 0. The highest BCUT2D eigenvalue weighted by molar-refractivity contribution is 7.21. The number of carbonyl (C=O) groups is 1. The number of carbonyl (C=O) groups excluding carboxylic acids is 1. The van der Waals surface area contributed by atoms with Crippen LogP contribution in [0.25, 0.3) is 9.88 Å². The minimum absolute atomic E-state index is 0.0927. The summed E-state index contributed by atoms with van der Waals surface area (Å²) in [6.07, 6.45) is 9.41. The second-order valence-corrected chi connectivity index (χ2v) is 7.54. The van der Waals surface area contributed by atoms with E-state index in [1.807, 2.05) is 34.9 Å². The molecule has 3 aromatic rings. The highest BCUT2D eigenvalue weighted by Crippen LogP contribution is 2.30. The lowest BCUT2D eigenvalue weighted by molar-refractivity contribution is 0.0684. The van der Waals surface area contributed by atoms with Gasteiger partial charge in [-0.1, -0.05) is 6.07 Å². The van der Waals surface area contributed by atoms with E-state index in [9.17, 15) is 4.79 Å². The fourth-order valence-corrected chi connectivity index (χ4v) is 4.60. The van der Waals surface area contributed by atoms with Crippen LogP contribution in [0, 0.1) is 0 Å². The molecule has 1 atom stereocenters. The molecule has 5 nitrogen and oxygen atoms in total. The first-order valence-corrected chi connectivity index (χ1v) is 9.27. The molecule has 23 heavy (non-hydrogen) atoms. The van der Waals surface area contributed by atoms with Gasteiger partial charge < -0.3 is 9.47 Å². The Hall–Kier alpha value is -1.99. The molecule has 4 heterocycles. The molecule has 1 aliphatic rings. The van der Waals surface area contributed by atoms with Gasteiger partial charge >= 0.3 is 0 Å². The first-order valence-electron chi connectivity index (χ1n) is 7.57. The van der Waals surface area contributed by atoms with Gasteiger partial charge in [0, 0.05) is 25.5 Å². The number of thiazole rings is 1. The van der Waals surface area contributed by atoms with E-state index < -0.39 is 0 Å². The van der Waals surface area contributed by atoms with Gasteiger partial charge in [-0.05, 0) is 24.3 Å². The molecule has 4 rings (SSSR count). The summed E-state index contributed by atoms with van der Waals surface area (Å²) in [5, 5.41) is 2.95. The lowest BCUT2D eigenvalue weighted by Crippen LogP contribution is -2.40. The molecule has 0 aliphatic carbocycles. The molecule has 118 valence electrons. The Bertz CT molecular complexity index is 779. The number of imidazole rings is 1. The quantitative estimate of drug-likeness (QED) is 0.730. The maximum Gasteiger partial charge on any atom is 0.265 e. The number of aromatic nitrogens is 3. The van der Waals surface area contributed by atoms with Gasteiger partial charge in [-0.25, -0.2) is 9.97 Å². The van der Waals surface area contributed by atoms with Gasteiger partial charge in [0.2, 0.25) is 0 Å². The SMILES string of the molecule is O=C(c1cnc(-c2cccs2)s1)N1CCC[C@@H](n2ccnc2)C1. The molecule has 1 amide bonds. The van der Waals surface area contributed by atoms with Gasteiger partial charge in [-0.2, -0.15) is 0 Å². The molecule has 0 unspecified atom stereocenters. The van der Waals surface area contributed by atoms with E-state index in [1.165, 1.54) is 11.3 Å². The smallest absolute Gasteiger partial charge is 0.265 e. The van der Waals surface area contributed by atoms with Crippen molar-refractivity contribution in [1.29, 1.82) is 0 Å². The van der Waals surface area contributed by atoms with Crippen LogP contribution in [-0.4, -0.2) is 38.4 Å². The molecule has 1 saturated heterocycles. The summed E-state index contributed by atoms with van der Waals surface area (Å²) < 4.78 is 2.10. The first-order chi connectivity index (χ1) is 11.3. The van der Waals surface area contributed by atoms with E-state index in [0.717, 1.165) is 40.7 Å². The Balaban J connectivity index is 1.50. The fourth-order valence-electron chi connectivity index (χ4n) is 2.91. The van der Waals surface area contributed by atoms with E-state index in [4.69, 9.17) is 0 Å². The van der Waals surface area contributed by atoms with Crippen molar-refractivity contribution in [3.05, 3.63) is 47.3 Å². The predicted molar refractivity (Wildman–Crippen MR) is 91.8 cm³/mol. The molecule has 0 N–H and O–H groups in total. The van der Waals surface area contributed by atoms with Crippen LogP contribution in [0.1, 0.15) is 28.6 Å². The molecule has 3 aromatic heterocycles. The zero-order valence-corrected chi connectivity index (χ0v) is 14.1. The lowest BCUT2D eigenvalue weighted by Gasteiger charge is -2.33. The number of hydrogen-bond acceptors (Lipinski definition) is 5. The number of amides is 1. The normalized spacial score (nSPS) is 18.3. The predicted octanol–water partition coefficient (Wildman–Crippen LogP) is 3.55. The van der Waals surface area contributed by atoms with E-state index in [1.54, 1.807) is 23.7 Å². The number of thiophene rings is 1. The summed E-state index contributed by atoms with van der Waals surface area (Å²) in [4.78, 5) is 25.1. The van der Waals surface area contributed by atoms with Crippen molar-refractivity contribution in [2.45, 2.75) is 18.9 Å². The van der Waals surface area contributed by atoms with Gasteiger partial charge in [-0.3, -0.25) is 4.79 Å². The topological polar surface area (TPSA) is 51.0 Å². The van der Waals surface area contributed by atoms with Crippen molar-refractivity contribution in [1.82, 2.24) is 19.4 Å². The summed E-state index contributed by atoms with van der Waals surface area (Å²) in [6, 6.07) is 4.36. The molecule has 0 aromatic carbocycles. The molecule has 1 aliphatic heterocycles. The van der Waals surface area contributed by atoms with Gasteiger partial charge in [0.05, 0.1) is 23.4 Å². The largest absolute Gasteiger partial charge is 0.336 e. The molecular weight excluding hydrogens is 328 g/mol. The van der Waals surface area contributed by atoms with Crippen LogP contribution < -0.4 is 0 Å². The Labute approximate surface area is 142 Å². The highest BCUT2D eigenvalue weighted by atomic mass is 32.1. The molecular formula is C16H16N4OS2. The highest BCUT2D eigenvalue weighted by Gasteiger charge is 2.26. The second-order valence-electron chi connectivity index (χ2n) is 5.56. The van der Waals surface area contributed by atoms with Crippen LogP contribution in [-0.2, 0) is 0 Å². The Morgan fingerprint density at radius 1 is 1.39 bits per heavy atom. The van der Waals surface area contributed by atoms with Gasteiger partial charge in [-0.15, -0.1) is 22.7 Å². The molecule has 1 fully saturated rings. The third-order valence-electron chi connectivity index (χ3n) is 4.08. The van der Waals surface area contributed by atoms with Crippen LogP contribution in [0.4, 0.5) is 0 Å². The summed E-state index contributed by atoms with van der Waals surface area (Å²) in [6.45, 7) is 1.55. The fraction of sp³-hybridized carbons (Fsp3) is 0.312. The third kappa shape index (κ3) is 2.94. The number of nitrogens with zero attached hydrogens (tertiary/aromatic N) is 4. The average Bonchev–Trinajstić information content (AvgIpc) is 3.36. The van der Waals surface area contributed by atoms with E-state index in [2.05, 4.69) is 14.5 Å². The van der Waals surface area contributed by atoms with Gasteiger partial charge in [0.15, 0.2) is 0 Å². The average molecular weight is 344 g/mol. The summed E-state index contributed by atoms with van der Waals surface area (Å²) in [7, 11) is 0. The first kappa shape index (κ1) is 14.6. The van der Waals surface area contributed by atoms with Crippen LogP contribution in [0.2, 0.25) is 0 Å². The molecule has 0 radical (unpaired) electrons. The van der Waals surface area contributed by atoms with Gasteiger partial charge in [0.25, 0.3) is 5.91 Å². The lowest BCUT2D eigenvalue weighted by atomic mass is 10.1. The zero-order valence-electron chi connectivity index (χ0n) is 12.5. The molecule has 0 spiro atoms. The molecule has 0 saturated carbocycles. The van der Waals surface area contributed by atoms with Crippen LogP contribution in [0.3, 0.4) is 0 Å². The minimum Gasteiger partial charge on any atom is -0.336 e. The van der Waals surface area contributed by atoms with Crippen LogP contribution >= 0.6 is 22.7 Å². The van der Waals surface area contributed by atoms with E-state index in [-0.39, 0.29) is 5.91 Å². The minimum atomic E-state index is 0.0927. The standard InChI is InChI=1S/C16H16N4OS2/c21-16(14-9-18-15(23-14)13-4-2-8-22-13)19-6-1-3-12(10-19)20-7-5-17-11-20/h2,4-5,7-9,11-12H,1,3,6,10H2/t12-/m1/s1. The monoisotopic (exact) mass is 344 g/mol. The number of rotatable bonds is 3. The van der Waals surface area contributed by atoms with Crippen molar-refractivity contribution in [2.75, 3.05) is 13.1 Å². The maximum absolute atomic E-state index is 12.8. The van der Waals surface area contributed by atoms with E-state index >= 15 is 0 Å². The Morgan fingerprint density at radius 3 is 3.13 bits per heavy atom. The number of likely N-dealkylation sites (tertiary alicyclic amines) is 1. The van der Waals surface area contributed by atoms with E-state index in [0.29, 0.717) is 6.04 Å². The van der Waals surface area contributed by atoms with Crippen LogP contribution in [0.5, 0.6) is 0 Å². The maximum atomic E-state index is 12.8. The van der Waals surface area contributed by atoms with Crippen molar-refractivity contribution in [2.24, 2.45) is 0 Å². The number of hydrogen-bond donors (Lipinski definition) is 0. The Morgan fingerprint density at radius 2 is 2.35 bits per heavy atom. The van der Waals surface area contributed by atoms with Crippen molar-refractivity contribution in [3.63, 3.8) is 0 Å².